The van der Waals surface area contributed by atoms with Crippen molar-refractivity contribution in [3.63, 3.8) is 0 Å². The van der Waals surface area contributed by atoms with Crippen LogP contribution in [0.4, 0.5) is 4.39 Å². The van der Waals surface area contributed by atoms with Gasteiger partial charge < -0.3 is 14.2 Å². The first-order chi connectivity index (χ1) is 12.5. The van der Waals surface area contributed by atoms with Crippen LogP contribution in [0.25, 0.3) is 0 Å². The highest BCUT2D eigenvalue weighted by Gasteiger charge is 2.39. The first kappa shape index (κ1) is 17.2. The largest absolute Gasteiger partial charge is 0.457 e. The average molecular weight is 355 g/mol. The highest BCUT2D eigenvalue weighted by molar-refractivity contribution is 5.50. The van der Waals surface area contributed by atoms with E-state index in [9.17, 15) is 4.39 Å². The summed E-state index contributed by atoms with van der Waals surface area (Å²) in [4.78, 5) is 4.36. The average Bonchev–Trinajstić information content (AvgIpc) is 2.89. The van der Waals surface area contributed by atoms with Crippen LogP contribution in [0.5, 0.6) is 11.5 Å². The Morgan fingerprint density at radius 2 is 1.92 bits per heavy atom. The lowest BCUT2D eigenvalue weighted by Crippen LogP contribution is -2.23. The van der Waals surface area contributed by atoms with Crippen LogP contribution in [-0.4, -0.2) is 25.2 Å². The maximum Gasteiger partial charge on any atom is 0.163 e. The van der Waals surface area contributed by atoms with Gasteiger partial charge in [0.25, 0.3) is 0 Å². The zero-order valence-corrected chi connectivity index (χ0v) is 14.9. The molecule has 0 unspecified atom stereocenters. The lowest BCUT2D eigenvalue weighted by Gasteiger charge is -2.26. The van der Waals surface area contributed by atoms with Crippen molar-refractivity contribution in [2.45, 2.75) is 44.1 Å². The van der Waals surface area contributed by atoms with Crippen LogP contribution in [-0.2, 0) is 9.47 Å². The van der Waals surface area contributed by atoms with Crippen molar-refractivity contribution in [2.24, 2.45) is 4.99 Å². The van der Waals surface area contributed by atoms with Gasteiger partial charge in [-0.2, -0.15) is 0 Å². The van der Waals surface area contributed by atoms with E-state index in [1.54, 1.807) is 6.07 Å². The number of halogens is 1. The standard InChI is InChI=1S/C21H22FNO3/c1-21(2)24-12-14(26-21)11-16-15-6-4-5-7-18(15)25-19-9-8-13(22)10-17(19)20(16)23-3/h4-10,14,16,20H,3,11-12H2,1-2H3/t14-,16-,20+/m1/s1. The summed E-state index contributed by atoms with van der Waals surface area (Å²) in [5, 5.41) is 0. The molecule has 5 heteroatoms. The molecule has 1 fully saturated rings. The predicted octanol–water partition coefficient (Wildman–Crippen LogP) is 5.00. The van der Waals surface area contributed by atoms with Crippen molar-refractivity contribution in [1.82, 2.24) is 0 Å². The quantitative estimate of drug-likeness (QED) is 0.728. The van der Waals surface area contributed by atoms with E-state index in [0.29, 0.717) is 24.3 Å². The number of aliphatic imine (C=N–C) groups is 1. The molecule has 26 heavy (non-hydrogen) atoms. The van der Waals surface area contributed by atoms with Gasteiger partial charge in [-0.15, -0.1) is 0 Å². The Kier molecular flexibility index (Phi) is 4.29. The molecule has 2 heterocycles. The third-order valence-corrected chi connectivity index (χ3v) is 4.99. The topological polar surface area (TPSA) is 40.0 Å². The molecule has 0 spiro atoms. The van der Waals surface area contributed by atoms with Crippen LogP contribution in [0.1, 0.15) is 43.4 Å². The maximum atomic E-state index is 13.9. The van der Waals surface area contributed by atoms with E-state index in [0.717, 1.165) is 11.3 Å². The molecule has 0 N–H and O–H groups in total. The highest BCUT2D eigenvalue weighted by atomic mass is 19.1. The second-order valence-corrected chi connectivity index (χ2v) is 7.24. The summed E-state index contributed by atoms with van der Waals surface area (Å²) in [5.41, 5.74) is 1.73. The lowest BCUT2D eigenvalue weighted by atomic mass is 9.83. The van der Waals surface area contributed by atoms with E-state index in [4.69, 9.17) is 14.2 Å². The van der Waals surface area contributed by atoms with Crippen LogP contribution < -0.4 is 4.74 Å². The Morgan fingerprint density at radius 1 is 1.15 bits per heavy atom. The van der Waals surface area contributed by atoms with Gasteiger partial charge >= 0.3 is 0 Å². The van der Waals surface area contributed by atoms with Crippen molar-refractivity contribution in [1.29, 1.82) is 0 Å². The zero-order valence-electron chi connectivity index (χ0n) is 14.9. The highest BCUT2D eigenvalue weighted by Crippen LogP contribution is 2.49. The van der Waals surface area contributed by atoms with E-state index < -0.39 is 5.79 Å². The van der Waals surface area contributed by atoms with Crippen LogP contribution in [0, 0.1) is 5.82 Å². The molecule has 2 aromatic carbocycles. The number of ether oxygens (including phenoxy) is 3. The number of nitrogens with zero attached hydrogens (tertiary/aromatic N) is 1. The molecule has 0 amide bonds. The summed E-state index contributed by atoms with van der Waals surface area (Å²) >= 11 is 0. The Balaban J connectivity index is 1.77. The fourth-order valence-corrected chi connectivity index (χ4v) is 3.87. The number of rotatable bonds is 3. The molecular weight excluding hydrogens is 333 g/mol. The van der Waals surface area contributed by atoms with Gasteiger partial charge in [0, 0.05) is 17.0 Å². The summed E-state index contributed by atoms with van der Waals surface area (Å²) in [6.45, 7) is 8.12. The number of para-hydroxylation sites is 1. The number of hydrogen-bond donors (Lipinski definition) is 0. The van der Waals surface area contributed by atoms with Gasteiger partial charge in [0.15, 0.2) is 5.79 Å². The molecule has 0 aliphatic carbocycles. The molecule has 2 aliphatic rings. The molecule has 0 radical (unpaired) electrons. The molecule has 2 aromatic rings. The van der Waals surface area contributed by atoms with Gasteiger partial charge in [-0.25, -0.2) is 4.39 Å². The minimum Gasteiger partial charge on any atom is -0.457 e. The summed E-state index contributed by atoms with van der Waals surface area (Å²) in [6, 6.07) is 12.1. The fraction of sp³-hybridized carbons (Fsp3) is 0.381. The summed E-state index contributed by atoms with van der Waals surface area (Å²) < 4.78 is 31.8. The molecular formula is C21H22FNO3. The van der Waals surface area contributed by atoms with Gasteiger partial charge in [0.2, 0.25) is 0 Å². The fourth-order valence-electron chi connectivity index (χ4n) is 3.87. The van der Waals surface area contributed by atoms with Crippen molar-refractivity contribution in [3.8, 4) is 11.5 Å². The molecule has 0 bridgehead atoms. The van der Waals surface area contributed by atoms with Gasteiger partial charge in [-0.3, -0.25) is 4.99 Å². The molecule has 0 aromatic heterocycles. The van der Waals surface area contributed by atoms with Gasteiger partial charge in [0.05, 0.1) is 18.8 Å². The molecule has 4 rings (SSSR count). The van der Waals surface area contributed by atoms with Crippen molar-refractivity contribution >= 4 is 6.72 Å². The van der Waals surface area contributed by atoms with Crippen LogP contribution in [0.3, 0.4) is 0 Å². The van der Waals surface area contributed by atoms with Gasteiger partial charge in [-0.05, 0) is 51.3 Å². The zero-order chi connectivity index (χ0) is 18.3. The molecule has 4 nitrogen and oxygen atoms in total. The van der Waals surface area contributed by atoms with Crippen LogP contribution in [0.15, 0.2) is 47.5 Å². The summed E-state index contributed by atoms with van der Waals surface area (Å²) in [6.07, 6.45) is 0.617. The Bertz CT molecular complexity index is 836. The van der Waals surface area contributed by atoms with Crippen molar-refractivity contribution in [3.05, 3.63) is 59.4 Å². The van der Waals surface area contributed by atoms with Crippen LogP contribution in [0.2, 0.25) is 0 Å². The Morgan fingerprint density at radius 3 is 2.65 bits per heavy atom. The monoisotopic (exact) mass is 355 g/mol. The van der Waals surface area contributed by atoms with E-state index in [-0.39, 0.29) is 23.9 Å². The minimum atomic E-state index is -0.591. The van der Waals surface area contributed by atoms with Gasteiger partial charge in [0.1, 0.15) is 17.3 Å². The van der Waals surface area contributed by atoms with Gasteiger partial charge in [-0.1, -0.05) is 18.2 Å². The minimum absolute atomic E-state index is 0.0470. The summed E-state index contributed by atoms with van der Waals surface area (Å²) in [7, 11) is 0. The predicted molar refractivity (Wildman–Crippen MR) is 97.5 cm³/mol. The van der Waals surface area contributed by atoms with E-state index in [1.165, 1.54) is 12.1 Å². The first-order valence-corrected chi connectivity index (χ1v) is 8.81. The van der Waals surface area contributed by atoms with E-state index in [1.807, 2.05) is 38.1 Å². The van der Waals surface area contributed by atoms with Crippen molar-refractivity contribution < 1.29 is 18.6 Å². The molecule has 1 saturated heterocycles. The number of fused-ring (bicyclic) bond motifs is 2. The first-order valence-electron chi connectivity index (χ1n) is 8.81. The maximum absolute atomic E-state index is 13.9. The van der Waals surface area contributed by atoms with Crippen LogP contribution >= 0.6 is 0 Å². The number of benzene rings is 2. The number of hydrogen-bond acceptors (Lipinski definition) is 4. The second kappa shape index (κ2) is 6.49. The summed E-state index contributed by atoms with van der Waals surface area (Å²) in [5.74, 6) is 0.422. The van der Waals surface area contributed by atoms with E-state index in [2.05, 4.69) is 11.7 Å². The molecule has 0 saturated carbocycles. The SMILES string of the molecule is C=N[C@@H]1c2cc(F)ccc2Oc2ccccc2[C@H]1C[C@@H]1COC(C)(C)O1. The Labute approximate surface area is 152 Å². The third kappa shape index (κ3) is 3.13. The Hall–Kier alpha value is -2.24. The van der Waals surface area contributed by atoms with E-state index >= 15 is 0 Å². The normalized spacial score (nSPS) is 26.3. The third-order valence-electron chi connectivity index (χ3n) is 4.99. The molecule has 2 aliphatic heterocycles. The molecule has 3 atom stereocenters. The van der Waals surface area contributed by atoms with Crippen molar-refractivity contribution in [2.75, 3.05) is 6.61 Å². The second-order valence-electron chi connectivity index (χ2n) is 7.24. The smallest absolute Gasteiger partial charge is 0.163 e. The lowest BCUT2D eigenvalue weighted by molar-refractivity contribution is -0.139. The molecule has 136 valence electrons.